The van der Waals surface area contributed by atoms with Crippen LogP contribution in [0.1, 0.15) is 72.6 Å². The maximum Gasteiger partial charge on any atom is 0.302 e. The van der Waals surface area contributed by atoms with Gasteiger partial charge in [0.2, 0.25) is 0 Å². The summed E-state index contributed by atoms with van der Waals surface area (Å²) in [6.07, 6.45) is 8.95. The molecule has 6 heteroatoms. The minimum Gasteiger partial charge on any atom is -0.586 e. The Kier molecular flexibility index (Phi) is 6.35. The Labute approximate surface area is 202 Å². The Balaban J connectivity index is 1.62. The number of hydrogen-bond donors (Lipinski definition) is 0. The molecule has 4 aliphatic rings. The van der Waals surface area contributed by atoms with Crippen LogP contribution in [-0.2, 0) is 14.3 Å². The van der Waals surface area contributed by atoms with E-state index in [-0.39, 0.29) is 33.5 Å². The summed E-state index contributed by atoms with van der Waals surface area (Å²) in [5, 5.41) is 12.2. The van der Waals surface area contributed by atoms with E-state index in [1.54, 1.807) is 0 Å². The molecular formula is C26H34Cl2O4. The van der Waals surface area contributed by atoms with E-state index in [1.165, 1.54) is 12.5 Å². The molecule has 3 fully saturated rings. The Bertz CT molecular complexity index is 860. The predicted molar refractivity (Wildman–Crippen MR) is 124 cm³/mol. The van der Waals surface area contributed by atoms with Gasteiger partial charge in [-0.15, -0.1) is 0 Å². The summed E-state index contributed by atoms with van der Waals surface area (Å²) < 4.78 is 11.0. The first-order valence-electron chi connectivity index (χ1n) is 11.8. The first-order chi connectivity index (χ1) is 15.0. The molecule has 0 radical (unpaired) electrons. The van der Waals surface area contributed by atoms with Crippen molar-refractivity contribution in [3.63, 3.8) is 0 Å². The Morgan fingerprint density at radius 2 is 1.91 bits per heavy atom. The second-order valence-corrected chi connectivity index (χ2v) is 11.7. The van der Waals surface area contributed by atoms with E-state index in [9.17, 15) is 9.90 Å². The standard InChI is InChI=1S/C26H34Cl2O4/c1-14(2)22-21(32-24(30)23(27)28)13-20-18-7-6-16-12-17(31-15(3)29)8-10-25(16,4)19(18)9-11-26(20,22)5/h6,17-21H,1,7-13H2,2-5H3/t17?,18?,19?,20-,21?,25+,26+/m1/s1. The number of esters is 1. The molecular weight excluding hydrogens is 447 g/mol. The van der Waals surface area contributed by atoms with Gasteiger partial charge in [0.1, 0.15) is 16.2 Å². The van der Waals surface area contributed by atoms with Gasteiger partial charge >= 0.3 is 5.97 Å². The number of rotatable bonds is 4. The fourth-order valence-corrected chi connectivity index (χ4v) is 7.90. The molecule has 0 bridgehead atoms. The van der Waals surface area contributed by atoms with Crippen molar-refractivity contribution in [2.75, 3.05) is 0 Å². The summed E-state index contributed by atoms with van der Waals surface area (Å²) in [5.41, 5.74) is 2.56. The molecule has 0 aliphatic heterocycles. The highest BCUT2D eigenvalue weighted by atomic mass is 35.5. The van der Waals surface area contributed by atoms with Crippen LogP contribution < -0.4 is 5.11 Å². The summed E-state index contributed by atoms with van der Waals surface area (Å²) in [6, 6.07) is 0. The molecule has 32 heavy (non-hydrogen) atoms. The molecule has 0 heterocycles. The van der Waals surface area contributed by atoms with Crippen molar-refractivity contribution in [1.82, 2.24) is 0 Å². The fourth-order valence-electron chi connectivity index (χ4n) is 7.81. The molecule has 0 aromatic heterocycles. The van der Waals surface area contributed by atoms with E-state index in [2.05, 4.69) is 26.5 Å². The highest BCUT2D eigenvalue weighted by molar-refractivity contribution is 6.55. The molecule has 0 N–H and O–H groups in total. The van der Waals surface area contributed by atoms with Crippen LogP contribution in [0.5, 0.6) is 0 Å². The molecule has 4 aliphatic carbocycles. The zero-order chi connectivity index (χ0) is 23.4. The minimum absolute atomic E-state index is 0.00686. The molecule has 0 spiro atoms. The molecule has 0 aromatic carbocycles. The molecule has 4 unspecified atom stereocenters. The van der Waals surface area contributed by atoms with Crippen molar-refractivity contribution in [1.29, 1.82) is 0 Å². The lowest BCUT2D eigenvalue weighted by molar-refractivity contribution is -0.362. The average molecular weight is 481 g/mol. The molecule has 0 saturated heterocycles. The third-order valence-corrected chi connectivity index (χ3v) is 9.36. The van der Waals surface area contributed by atoms with Crippen molar-refractivity contribution in [3.05, 3.63) is 40.2 Å². The van der Waals surface area contributed by atoms with Gasteiger partial charge < -0.3 is 14.6 Å². The molecule has 176 valence electrons. The third-order valence-electron chi connectivity index (χ3n) is 9.05. The normalized spacial score (nSPS) is 40.4. The van der Waals surface area contributed by atoms with Crippen LogP contribution in [0, 0.1) is 34.5 Å². The summed E-state index contributed by atoms with van der Waals surface area (Å²) in [5.74, 6) is 1.84. The van der Waals surface area contributed by atoms with E-state index < -0.39 is 5.95 Å². The first-order valence-corrected chi connectivity index (χ1v) is 12.5. The maximum atomic E-state index is 12.2. The predicted octanol–water partition coefficient (Wildman–Crippen LogP) is 5.99. The quantitative estimate of drug-likeness (QED) is 0.214. The number of halogens is 2. The van der Waals surface area contributed by atoms with Crippen LogP contribution in [0.3, 0.4) is 0 Å². The van der Waals surface area contributed by atoms with Gasteiger partial charge in [0.15, 0.2) is 0 Å². The van der Waals surface area contributed by atoms with E-state index in [0.29, 0.717) is 17.8 Å². The number of hydrogen-bond acceptors (Lipinski definition) is 4. The molecule has 4 nitrogen and oxygen atoms in total. The van der Waals surface area contributed by atoms with Gasteiger partial charge in [0.25, 0.3) is 0 Å². The Morgan fingerprint density at radius 1 is 1.19 bits per heavy atom. The average Bonchev–Trinajstić information content (AvgIpc) is 2.99. The van der Waals surface area contributed by atoms with Gasteiger partial charge in [-0.25, -0.2) is 0 Å². The molecule has 0 amide bonds. The van der Waals surface area contributed by atoms with Crippen LogP contribution in [0.25, 0.3) is 0 Å². The lowest BCUT2D eigenvalue weighted by atomic mass is 9.47. The van der Waals surface area contributed by atoms with E-state index in [0.717, 1.165) is 56.4 Å². The molecule has 7 atom stereocenters. The SMILES string of the molecule is C=C(C)[C+]1C(OC([O-])=C(Cl)Cl)C[C@@H]2C3CC=C4CC(OC(C)=O)CC[C@]4(C)C3CC[C@]12C. The summed E-state index contributed by atoms with van der Waals surface area (Å²) in [7, 11) is 0. The zero-order valence-electron chi connectivity index (χ0n) is 19.5. The van der Waals surface area contributed by atoms with Crippen LogP contribution in [0.4, 0.5) is 0 Å². The van der Waals surface area contributed by atoms with Crippen molar-refractivity contribution in [2.24, 2.45) is 28.6 Å². The summed E-state index contributed by atoms with van der Waals surface area (Å²) in [6.45, 7) is 12.5. The lowest BCUT2D eigenvalue weighted by Gasteiger charge is -2.56. The summed E-state index contributed by atoms with van der Waals surface area (Å²) in [4.78, 5) is 11.5. The van der Waals surface area contributed by atoms with Crippen LogP contribution in [-0.4, -0.2) is 18.2 Å². The highest BCUT2D eigenvalue weighted by Crippen LogP contribution is 2.68. The second-order valence-electron chi connectivity index (χ2n) is 10.8. The number of carbonyl (C=O) groups excluding carboxylic acids is 1. The second kappa shape index (κ2) is 8.51. The largest absolute Gasteiger partial charge is 0.586 e. The highest BCUT2D eigenvalue weighted by Gasteiger charge is 2.64. The van der Waals surface area contributed by atoms with E-state index in [4.69, 9.17) is 32.7 Å². The smallest absolute Gasteiger partial charge is 0.302 e. The van der Waals surface area contributed by atoms with E-state index >= 15 is 0 Å². The van der Waals surface area contributed by atoms with Gasteiger partial charge in [-0.2, -0.15) is 0 Å². The lowest BCUT2D eigenvalue weighted by Crippen LogP contribution is -2.50. The van der Waals surface area contributed by atoms with Gasteiger partial charge in [-0.1, -0.05) is 41.8 Å². The van der Waals surface area contributed by atoms with Crippen LogP contribution in [0.2, 0.25) is 0 Å². The van der Waals surface area contributed by atoms with Crippen molar-refractivity contribution >= 4 is 29.2 Å². The van der Waals surface area contributed by atoms with Crippen molar-refractivity contribution < 1.29 is 19.4 Å². The van der Waals surface area contributed by atoms with Crippen molar-refractivity contribution in [2.45, 2.75) is 84.8 Å². The Morgan fingerprint density at radius 3 is 2.53 bits per heavy atom. The van der Waals surface area contributed by atoms with E-state index in [1.807, 2.05) is 6.92 Å². The van der Waals surface area contributed by atoms with Gasteiger partial charge in [0, 0.05) is 19.9 Å². The van der Waals surface area contributed by atoms with Gasteiger partial charge in [-0.3, -0.25) is 4.79 Å². The third kappa shape index (κ3) is 3.86. The fraction of sp³-hybridized carbons (Fsp3) is 0.692. The minimum atomic E-state index is -0.655. The molecule has 4 rings (SSSR count). The van der Waals surface area contributed by atoms with Crippen molar-refractivity contribution in [3.8, 4) is 0 Å². The number of ether oxygens (including phenoxy) is 2. The molecule has 3 saturated carbocycles. The Hall–Kier alpha value is -1.26. The molecule has 0 aromatic rings. The number of carbonyl (C=O) groups is 1. The summed E-state index contributed by atoms with van der Waals surface area (Å²) >= 11 is 11.4. The van der Waals surface area contributed by atoms with Crippen LogP contribution >= 0.6 is 23.2 Å². The maximum absolute atomic E-state index is 12.2. The monoisotopic (exact) mass is 480 g/mol. The van der Waals surface area contributed by atoms with Crippen LogP contribution in [0.15, 0.2) is 34.2 Å². The van der Waals surface area contributed by atoms with Gasteiger partial charge in [0.05, 0.1) is 23.4 Å². The first kappa shape index (κ1) is 23.9. The van der Waals surface area contributed by atoms with Gasteiger partial charge in [-0.05, 0) is 75.5 Å². The topological polar surface area (TPSA) is 58.6 Å². The zero-order valence-corrected chi connectivity index (χ0v) is 21.0. The number of fused-ring (bicyclic) bond motifs is 5. The number of allylic oxidation sites excluding steroid dienone is 1.